The minimum absolute atomic E-state index is 0.232. The first-order valence-corrected chi connectivity index (χ1v) is 19.3. The summed E-state index contributed by atoms with van der Waals surface area (Å²) in [6.45, 7) is 0. The second kappa shape index (κ2) is 13.9. The van der Waals surface area contributed by atoms with Crippen LogP contribution in [-0.2, 0) is 0 Å². The number of hydrogen-bond donors (Lipinski definition) is 0. The lowest BCUT2D eigenvalue weighted by molar-refractivity contribution is 0.628. The number of nitrogens with zero attached hydrogens (tertiary/aromatic N) is 1. The van der Waals surface area contributed by atoms with E-state index in [1.807, 2.05) is 12.1 Å². The SMILES string of the molecule is Fc1ccc(-c2cccc3c2sc2c(N(c4ccc(-c5cccc6ccccc56)cc4)c4ccc(-c5ccccc5)c(-c5ccccc5)c4)cccc23)cc1. The van der Waals surface area contributed by atoms with Crippen molar-refractivity contribution in [2.45, 2.75) is 0 Å². The zero-order valence-corrected chi connectivity index (χ0v) is 30.7. The zero-order chi connectivity index (χ0) is 36.7. The first-order valence-electron chi connectivity index (χ1n) is 18.5. The van der Waals surface area contributed by atoms with Crippen molar-refractivity contribution in [1.82, 2.24) is 0 Å². The smallest absolute Gasteiger partial charge is 0.123 e. The van der Waals surface area contributed by atoms with Gasteiger partial charge in [0, 0.05) is 26.8 Å². The molecule has 0 spiro atoms. The van der Waals surface area contributed by atoms with Crippen LogP contribution < -0.4 is 4.90 Å². The van der Waals surface area contributed by atoms with Crippen molar-refractivity contribution >= 4 is 59.3 Å². The van der Waals surface area contributed by atoms with Gasteiger partial charge >= 0.3 is 0 Å². The van der Waals surface area contributed by atoms with Gasteiger partial charge in [0.1, 0.15) is 5.82 Å². The van der Waals surface area contributed by atoms with E-state index < -0.39 is 0 Å². The molecule has 0 bridgehead atoms. The quantitative estimate of drug-likeness (QED) is 0.158. The molecule has 1 nitrogen and oxygen atoms in total. The Bertz CT molecular complexity index is 2960. The summed E-state index contributed by atoms with van der Waals surface area (Å²) in [6.07, 6.45) is 0. The van der Waals surface area contributed by atoms with Gasteiger partial charge in [-0.15, -0.1) is 11.3 Å². The Balaban J connectivity index is 1.20. The Labute approximate surface area is 323 Å². The lowest BCUT2D eigenvalue weighted by Crippen LogP contribution is -2.10. The fourth-order valence-corrected chi connectivity index (χ4v) is 9.27. The summed E-state index contributed by atoms with van der Waals surface area (Å²) in [5.41, 5.74) is 12.4. The van der Waals surface area contributed by atoms with Gasteiger partial charge in [-0.25, -0.2) is 4.39 Å². The van der Waals surface area contributed by atoms with E-state index in [1.165, 1.54) is 64.3 Å². The fraction of sp³-hybridized carbons (Fsp3) is 0. The molecule has 0 saturated heterocycles. The van der Waals surface area contributed by atoms with Gasteiger partial charge in [0.05, 0.1) is 10.4 Å². The van der Waals surface area contributed by atoms with Crippen LogP contribution in [0.25, 0.3) is 75.5 Å². The van der Waals surface area contributed by atoms with Crippen LogP contribution in [0.1, 0.15) is 0 Å². The van der Waals surface area contributed by atoms with Gasteiger partial charge in [0.15, 0.2) is 0 Å². The van der Waals surface area contributed by atoms with Crippen LogP contribution in [0.5, 0.6) is 0 Å². The van der Waals surface area contributed by atoms with Crippen molar-refractivity contribution < 1.29 is 4.39 Å². The highest BCUT2D eigenvalue weighted by Gasteiger charge is 2.21. The van der Waals surface area contributed by atoms with Gasteiger partial charge in [-0.3, -0.25) is 0 Å². The normalized spacial score (nSPS) is 11.4. The molecule has 0 fully saturated rings. The molecule has 0 saturated carbocycles. The predicted molar refractivity (Wildman–Crippen MR) is 233 cm³/mol. The number of thiophene rings is 1. The number of rotatable bonds is 7. The summed E-state index contributed by atoms with van der Waals surface area (Å²) in [5, 5.41) is 4.86. The monoisotopic (exact) mass is 723 g/mol. The maximum Gasteiger partial charge on any atom is 0.123 e. The standard InChI is InChI=1S/C52H34FNS/c53-40-28-24-39(25-29-40)46-20-10-21-47-48-22-11-23-50(52(48)55-51(46)47)54(41-30-26-38(27-31-41)44-19-9-17-36-16-7-8-18-43(36)44)42-32-33-45(35-12-3-1-4-13-35)49(34-42)37-14-5-2-6-15-37/h1-34H. The van der Waals surface area contributed by atoms with Gasteiger partial charge in [-0.1, -0.05) is 164 Å². The van der Waals surface area contributed by atoms with Crippen molar-refractivity contribution in [3.8, 4) is 44.5 Å². The summed E-state index contributed by atoms with van der Waals surface area (Å²) in [7, 11) is 0. The van der Waals surface area contributed by atoms with Gasteiger partial charge in [-0.05, 0) is 97.7 Å². The molecule has 0 amide bonds. The van der Waals surface area contributed by atoms with Gasteiger partial charge in [0.2, 0.25) is 0 Å². The summed E-state index contributed by atoms with van der Waals surface area (Å²) in [6, 6.07) is 72.2. The Morgan fingerprint density at radius 2 is 0.873 bits per heavy atom. The van der Waals surface area contributed by atoms with E-state index in [0.717, 1.165) is 28.2 Å². The molecule has 10 aromatic rings. The zero-order valence-electron chi connectivity index (χ0n) is 29.9. The minimum Gasteiger partial charge on any atom is -0.309 e. The van der Waals surface area contributed by atoms with E-state index in [0.29, 0.717) is 0 Å². The van der Waals surface area contributed by atoms with Crippen LogP contribution in [0.3, 0.4) is 0 Å². The molecule has 9 aromatic carbocycles. The van der Waals surface area contributed by atoms with E-state index >= 15 is 0 Å². The fourth-order valence-electron chi connectivity index (χ4n) is 7.93. The van der Waals surface area contributed by atoms with Gasteiger partial charge < -0.3 is 4.90 Å². The van der Waals surface area contributed by atoms with Crippen molar-refractivity contribution in [3.05, 3.63) is 212 Å². The third-order valence-corrected chi connectivity index (χ3v) is 11.8. The molecule has 0 N–H and O–H groups in total. The van der Waals surface area contributed by atoms with Gasteiger partial charge in [-0.2, -0.15) is 0 Å². The summed E-state index contributed by atoms with van der Waals surface area (Å²) < 4.78 is 16.4. The number of halogens is 1. The third-order valence-electron chi connectivity index (χ3n) is 10.6. The first kappa shape index (κ1) is 32.8. The van der Waals surface area contributed by atoms with Crippen LogP contribution in [0.2, 0.25) is 0 Å². The van der Waals surface area contributed by atoms with Crippen LogP contribution in [-0.4, -0.2) is 0 Å². The summed E-state index contributed by atoms with van der Waals surface area (Å²) in [4.78, 5) is 2.41. The van der Waals surface area contributed by atoms with E-state index in [4.69, 9.17) is 0 Å². The number of fused-ring (bicyclic) bond motifs is 4. The predicted octanol–water partition coefficient (Wildman–Crippen LogP) is 15.5. The number of benzene rings is 9. The average Bonchev–Trinajstić information content (AvgIpc) is 3.65. The molecular weight excluding hydrogens is 690 g/mol. The number of hydrogen-bond acceptors (Lipinski definition) is 2. The average molecular weight is 724 g/mol. The minimum atomic E-state index is -0.232. The molecule has 0 aliphatic rings. The van der Waals surface area contributed by atoms with Gasteiger partial charge in [0.25, 0.3) is 0 Å². The van der Waals surface area contributed by atoms with Crippen molar-refractivity contribution in [3.63, 3.8) is 0 Å². The lowest BCUT2D eigenvalue weighted by Gasteiger charge is -2.27. The molecule has 1 heterocycles. The highest BCUT2D eigenvalue weighted by Crippen LogP contribution is 2.48. The Morgan fingerprint density at radius 1 is 0.345 bits per heavy atom. The molecule has 0 unspecified atom stereocenters. The molecule has 0 aliphatic carbocycles. The highest BCUT2D eigenvalue weighted by atomic mass is 32.1. The molecule has 3 heteroatoms. The number of anilines is 3. The third kappa shape index (κ3) is 5.96. The summed E-state index contributed by atoms with van der Waals surface area (Å²) >= 11 is 1.80. The van der Waals surface area contributed by atoms with E-state index in [2.05, 4.69) is 187 Å². The van der Waals surface area contributed by atoms with Crippen molar-refractivity contribution in [2.24, 2.45) is 0 Å². The van der Waals surface area contributed by atoms with E-state index in [-0.39, 0.29) is 5.82 Å². The van der Waals surface area contributed by atoms with E-state index in [1.54, 1.807) is 23.5 Å². The molecule has 55 heavy (non-hydrogen) atoms. The molecule has 10 rings (SSSR count). The van der Waals surface area contributed by atoms with Crippen LogP contribution in [0, 0.1) is 5.82 Å². The Kier molecular flexibility index (Phi) is 8.28. The molecule has 0 aliphatic heterocycles. The molecule has 0 atom stereocenters. The maximum atomic E-state index is 14.0. The Morgan fingerprint density at radius 3 is 1.64 bits per heavy atom. The summed E-state index contributed by atoms with van der Waals surface area (Å²) in [5.74, 6) is -0.232. The van der Waals surface area contributed by atoms with E-state index in [9.17, 15) is 4.39 Å². The Hall–Kier alpha value is -6.81. The molecule has 0 radical (unpaired) electrons. The first-order chi connectivity index (χ1) is 27.2. The van der Waals surface area contributed by atoms with Crippen molar-refractivity contribution in [1.29, 1.82) is 0 Å². The van der Waals surface area contributed by atoms with Crippen molar-refractivity contribution in [2.75, 3.05) is 4.90 Å². The lowest BCUT2D eigenvalue weighted by atomic mass is 9.93. The largest absolute Gasteiger partial charge is 0.309 e. The second-order valence-corrected chi connectivity index (χ2v) is 14.8. The van der Waals surface area contributed by atoms with Crippen LogP contribution >= 0.6 is 11.3 Å². The maximum absolute atomic E-state index is 14.0. The van der Waals surface area contributed by atoms with Crippen LogP contribution in [0.15, 0.2) is 206 Å². The topological polar surface area (TPSA) is 3.24 Å². The highest BCUT2D eigenvalue weighted by molar-refractivity contribution is 7.27. The second-order valence-electron chi connectivity index (χ2n) is 13.8. The van der Waals surface area contributed by atoms with Crippen LogP contribution in [0.4, 0.5) is 21.5 Å². The molecular formula is C52H34FNS. The molecule has 260 valence electrons. The molecule has 1 aromatic heterocycles.